The highest BCUT2D eigenvalue weighted by atomic mass is 32.2. The lowest BCUT2D eigenvalue weighted by Crippen LogP contribution is -2.22. The second-order valence-corrected chi connectivity index (χ2v) is 12.1. The molecule has 0 saturated heterocycles. The smallest absolute Gasteiger partial charge is 0.335 e. The summed E-state index contributed by atoms with van der Waals surface area (Å²) in [6.45, 7) is 0. The van der Waals surface area contributed by atoms with E-state index in [4.69, 9.17) is 4.42 Å². The minimum absolute atomic E-state index is 0.00964. The third kappa shape index (κ3) is 3.83. The molecule has 6 nitrogen and oxygen atoms in total. The predicted octanol–water partition coefficient (Wildman–Crippen LogP) is 4.74. The second kappa shape index (κ2) is 8.74. The molecule has 1 N–H and O–H groups in total. The Labute approximate surface area is 191 Å². The molecule has 0 bridgehead atoms. The first-order valence-electron chi connectivity index (χ1n) is 11.0. The molecule has 2 unspecified atom stereocenters. The minimum atomic E-state index is -1.39. The highest BCUT2D eigenvalue weighted by Crippen LogP contribution is 2.37. The van der Waals surface area contributed by atoms with Crippen molar-refractivity contribution in [1.82, 2.24) is 0 Å². The number of rotatable bonds is 5. The lowest BCUT2D eigenvalue weighted by Gasteiger charge is -2.21. The van der Waals surface area contributed by atoms with Crippen LogP contribution in [0.25, 0.3) is 21.9 Å². The zero-order valence-electron chi connectivity index (χ0n) is 17.5. The van der Waals surface area contributed by atoms with E-state index in [2.05, 4.69) is 0 Å². The third-order valence-electron chi connectivity index (χ3n) is 6.62. The number of carbonyl (C=O) groups is 1. The first-order valence-corrected chi connectivity index (χ1v) is 13.5. The standard InChI is InChI=1S/C24H24O6S2/c25-22-18-11-14(24(26)27)9-10-20(18)30-23-19(22)12-17(31(28)15-5-1-2-6-15)13-21(23)32(29)16-7-3-4-8-16/h9-13,15-16H,1-8H2,(H,26,27). The Morgan fingerprint density at radius 3 is 2.16 bits per heavy atom. The van der Waals surface area contributed by atoms with Crippen molar-refractivity contribution in [2.24, 2.45) is 0 Å². The van der Waals surface area contributed by atoms with Crippen LogP contribution in [0, 0.1) is 0 Å². The molecule has 2 aromatic carbocycles. The van der Waals surface area contributed by atoms with Crippen molar-refractivity contribution in [3.05, 3.63) is 46.1 Å². The molecule has 0 aliphatic heterocycles. The van der Waals surface area contributed by atoms with Gasteiger partial charge in [0.2, 0.25) is 10.3 Å². The number of fused-ring (bicyclic) bond motifs is 2. The van der Waals surface area contributed by atoms with Gasteiger partial charge in [0.25, 0.3) is 0 Å². The summed E-state index contributed by atoms with van der Waals surface area (Å²) in [5, 5.41) is 9.70. The van der Waals surface area contributed by atoms with Crippen LogP contribution in [0.2, 0.25) is 0 Å². The number of carboxylic acids is 1. The summed E-state index contributed by atoms with van der Waals surface area (Å²) in [7, 11) is 0. The van der Waals surface area contributed by atoms with Crippen molar-refractivity contribution < 1.29 is 23.4 Å². The molecule has 2 fully saturated rings. The molecule has 2 saturated carbocycles. The molecule has 8 heteroatoms. The molecule has 32 heavy (non-hydrogen) atoms. The maximum atomic E-state index is 13.5. The molecule has 2 aliphatic carbocycles. The zero-order valence-corrected chi connectivity index (χ0v) is 19.1. The Morgan fingerprint density at radius 2 is 1.53 bits per heavy atom. The third-order valence-corrected chi connectivity index (χ3v) is 10.2. The molecular weight excluding hydrogens is 448 g/mol. The van der Waals surface area contributed by atoms with E-state index >= 15 is 0 Å². The predicted molar refractivity (Wildman–Crippen MR) is 124 cm³/mol. The average molecular weight is 473 g/mol. The SMILES string of the molecule is O=C(O)c1ccc2oc3c([S+]([O-])C4CCCC4)cc([S+]([O-])C4CCCC4)cc3c(=O)c2c1. The van der Waals surface area contributed by atoms with Gasteiger partial charge in [0.15, 0.2) is 10.5 Å². The quantitative estimate of drug-likeness (QED) is 0.424. The van der Waals surface area contributed by atoms with E-state index in [-0.39, 0.29) is 43.4 Å². The van der Waals surface area contributed by atoms with Gasteiger partial charge in [0.05, 0.1) is 22.4 Å². The van der Waals surface area contributed by atoms with E-state index < -0.39 is 28.3 Å². The van der Waals surface area contributed by atoms with Gasteiger partial charge in [-0.2, -0.15) is 0 Å². The largest absolute Gasteiger partial charge is 0.611 e. The second-order valence-electron chi connectivity index (χ2n) is 8.65. The van der Waals surface area contributed by atoms with Crippen molar-refractivity contribution in [2.45, 2.75) is 71.7 Å². The van der Waals surface area contributed by atoms with Gasteiger partial charge in [-0.15, -0.1) is 0 Å². The van der Waals surface area contributed by atoms with Crippen molar-refractivity contribution in [3.8, 4) is 0 Å². The highest BCUT2D eigenvalue weighted by molar-refractivity contribution is 7.93. The van der Waals surface area contributed by atoms with Crippen molar-refractivity contribution in [3.63, 3.8) is 0 Å². The summed E-state index contributed by atoms with van der Waals surface area (Å²) in [4.78, 5) is 25.7. The first kappa shape index (κ1) is 21.8. The van der Waals surface area contributed by atoms with Gasteiger partial charge in [-0.1, -0.05) is 0 Å². The number of hydrogen-bond donors (Lipinski definition) is 1. The molecule has 1 heterocycles. The normalized spacial score (nSPS) is 19.7. The Balaban J connectivity index is 1.74. The van der Waals surface area contributed by atoms with Gasteiger partial charge in [-0.05, 0) is 91.9 Å². The molecule has 3 aromatic rings. The summed E-state index contributed by atoms with van der Waals surface area (Å²) in [6, 6.07) is 7.46. The van der Waals surface area contributed by atoms with Gasteiger partial charge in [0, 0.05) is 6.07 Å². The highest BCUT2D eigenvalue weighted by Gasteiger charge is 2.35. The van der Waals surface area contributed by atoms with Crippen LogP contribution in [-0.4, -0.2) is 30.7 Å². The summed E-state index contributed by atoms with van der Waals surface area (Å²) >= 11 is -2.69. The fourth-order valence-electron chi connectivity index (χ4n) is 4.88. The van der Waals surface area contributed by atoms with E-state index in [1.807, 2.05) is 0 Å². The zero-order chi connectivity index (χ0) is 22.4. The van der Waals surface area contributed by atoms with Gasteiger partial charge < -0.3 is 18.6 Å². The lowest BCUT2D eigenvalue weighted by molar-refractivity contribution is 0.0697. The minimum Gasteiger partial charge on any atom is -0.611 e. The molecule has 0 amide bonds. The van der Waals surface area contributed by atoms with Gasteiger partial charge in [-0.25, -0.2) is 4.79 Å². The summed E-state index contributed by atoms with van der Waals surface area (Å²) in [5.74, 6) is -1.13. The van der Waals surface area contributed by atoms with E-state index in [9.17, 15) is 23.8 Å². The molecule has 0 radical (unpaired) electrons. The number of carboxylic acid groups (broad SMARTS) is 1. The Kier molecular flexibility index (Phi) is 5.96. The molecular formula is C24H24O6S2. The monoisotopic (exact) mass is 472 g/mol. The van der Waals surface area contributed by atoms with Crippen LogP contribution in [0.5, 0.6) is 0 Å². The fourth-order valence-corrected chi connectivity index (χ4v) is 8.26. The first-order chi connectivity index (χ1) is 15.4. The number of hydrogen-bond acceptors (Lipinski definition) is 5. The number of aromatic carboxylic acids is 1. The summed E-state index contributed by atoms with van der Waals surface area (Å²) in [6.07, 6.45) is 7.57. The lowest BCUT2D eigenvalue weighted by atomic mass is 10.1. The Bertz CT molecular complexity index is 1240. The summed E-state index contributed by atoms with van der Waals surface area (Å²) in [5.41, 5.74) is 0.105. The van der Waals surface area contributed by atoms with Crippen LogP contribution in [0.3, 0.4) is 0 Å². The van der Waals surface area contributed by atoms with Crippen LogP contribution in [-0.2, 0) is 22.4 Å². The van der Waals surface area contributed by atoms with Gasteiger partial charge in [0.1, 0.15) is 16.1 Å². The van der Waals surface area contributed by atoms with Crippen LogP contribution in [0.4, 0.5) is 0 Å². The Hall–Kier alpha value is -2.00. The molecule has 1 aromatic heterocycles. The molecule has 2 aliphatic rings. The molecule has 168 valence electrons. The van der Waals surface area contributed by atoms with E-state index in [0.717, 1.165) is 51.4 Å². The summed E-state index contributed by atoms with van der Waals surface area (Å²) < 4.78 is 32.9. The van der Waals surface area contributed by atoms with Crippen molar-refractivity contribution in [2.75, 3.05) is 0 Å². The van der Waals surface area contributed by atoms with Crippen LogP contribution >= 0.6 is 0 Å². The maximum Gasteiger partial charge on any atom is 0.335 e. The molecule has 0 spiro atoms. The van der Waals surface area contributed by atoms with Crippen molar-refractivity contribution >= 4 is 50.3 Å². The average Bonchev–Trinajstić information content (AvgIpc) is 3.52. The molecule has 2 atom stereocenters. The van der Waals surface area contributed by atoms with Gasteiger partial charge >= 0.3 is 5.97 Å². The van der Waals surface area contributed by atoms with Crippen molar-refractivity contribution in [1.29, 1.82) is 0 Å². The molecule has 5 rings (SSSR count). The van der Waals surface area contributed by atoms with Gasteiger partial charge in [-0.3, -0.25) is 4.79 Å². The van der Waals surface area contributed by atoms with Crippen LogP contribution < -0.4 is 5.43 Å². The van der Waals surface area contributed by atoms with Crippen LogP contribution in [0.15, 0.2) is 49.3 Å². The van der Waals surface area contributed by atoms with Crippen LogP contribution in [0.1, 0.15) is 61.7 Å². The van der Waals surface area contributed by atoms with E-state index in [1.54, 1.807) is 12.1 Å². The number of benzene rings is 2. The van der Waals surface area contributed by atoms with E-state index in [0.29, 0.717) is 9.79 Å². The fraction of sp³-hybridized carbons (Fsp3) is 0.417. The van der Waals surface area contributed by atoms with E-state index in [1.165, 1.54) is 18.2 Å². The topological polar surface area (TPSA) is 114 Å². The Morgan fingerprint density at radius 1 is 0.906 bits per heavy atom. The maximum absolute atomic E-state index is 13.5.